The molecule has 2 saturated heterocycles. The van der Waals surface area contributed by atoms with Crippen LogP contribution in [0.1, 0.15) is 20.1 Å². The second-order valence-electron chi connectivity index (χ2n) is 7.56. The van der Waals surface area contributed by atoms with Gasteiger partial charge in [0.15, 0.2) is 23.5 Å². The molecule has 0 aliphatic carbocycles. The van der Waals surface area contributed by atoms with E-state index in [2.05, 4.69) is 20.3 Å². The predicted molar refractivity (Wildman–Crippen MR) is 104 cm³/mol. The third-order valence-electron chi connectivity index (χ3n) is 5.06. The van der Waals surface area contributed by atoms with Crippen LogP contribution in [0.3, 0.4) is 0 Å². The molecular formula is C19H22N6O4. The molecule has 2 aliphatic heterocycles. The van der Waals surface area contributed by atoms with Crippen molar-refractivity contribution in [3.63, 3.8) is 0 Å². The van der Waals surface area contributed by atoms with Crippen LogP contribution in [0, 0.1) is 0 Å². The number of aromatic nitrogens is 4. The van der Waals surface area contributed by atoms with Gasteiger partial charge in [0, 0.05) is 5.69 Å². The number of rotatable bonds is 4. The van der Waals surface area contributed by atoms with Gasteiger partial charge in [-0.1, -0.05) is 18.2 Å². The molecule has 152 valence electrons. The Morgan fingerprint density at radius 1 is 1.17 bits per heavy atom. The Morgan fingerprint density at radius 3 is 2.69 bits per heavy atom. The van der Waals surface area contributed by atoms with E-state index in [0.717, 1.165) is 5.69 Å². The molecule has 29 heavy (non-hydrogen) atoms. The Bertz CT molecular complexity index is 1040. The average Bonchev–Trinajstić information content (AvgIpc) is 3.33. The summed E-state index contributed by atoms with van der Waals surface area (Å²) in [5, 5.41) is 12.9. The number of ether oxygens (including phenoxy) is 3. The van der Waals surface area contributed by atoms with Gasteiger partial charge in [0.25, 0.3) is 0 Å². The first-order chi connectivity index (χ1) is 13.9. The number of aliphatic hydroxyl groups is 1. The Kier molecular flexibility index (Phi) is 4.17. The Morgan fingerprint density at radius 2 is 1.93 bits per heavy atom. The zero-order valence-electron chi connectivity index (χ0n) is 16.0. The monoisotopic (exact) mass is 398 g/mol. The van der Waals surface area contributed by atoms with Gasteiger partial charge in [-0.05, 0) is 26.0 Å². The van der Waals surface area contributed by atoms with E-state index in [9.17, 15) is 5.11 Å². The van der Waals surface area contributed by atoms with E-state index in [1.165, 1.54) is 0 Å². The Balaban J connectivity index is 1.53. The molecule has 4 heterocycles. The van der Waals surface area contributed by atoms with Crippen LogP contribution in [-0.4, -0.2) is 55.3 Å². The number of imidazole rings is 1. The number of hydrogen-bond donors (Lipinski definition) is 3. The molecule has 10 heteroatoms. The molecule has 0 bridgehead atoms. The number of fused-ring (bicyclic) bond motifs is 2. The van der Waals surface area contributed by atoms with Crippen molar-refractivity contribution >= 4 is 28.6 Å². The number of nitrogen functional groups attached to an aromatic ring is 1. The second-order valence-corrected chi connectivity index (χ2v) is 7.56. The molecule has 2 aromatic heterocycles. The van der Waals surface area contributed by atoms with Crippen LogP contribution in [0.15, 0.2) is 36.7 Å². The van der Waals surface area contributed by atoms with Crippen molar-refractivity contribution in [3.8, 4) is 0 Å². The minimum Gasteiger partial charge on any atom is -0.394 e. The van der Waals surface area contributed by atoms with E-state index in [0.29, 0.717) is 17.1 Å². The van der Waals surface area contributed by atoms with Gasteiger partial charge in [0.1, 0.15) is 23.8 Å². The lowest BCUT2D eigenvalue weighted by atomic mass is 10.1. The highest BCUT2D eigenvalue weighted by atomic mass is 16.8. The summed E-state index contributed by atoms with van der Waals surface area (Å²) < 4.78 is 19.8. The molecule has 10 nitrogen and oxygen atoms in total. The zero-order valence-corrected chi connectivity index (χ0v) is 16.0. The van der Waals surface area contributed by atoms with Gasteiger partial charge in [0.05, 0.1) is 12.9 Å². The third kappa shape index (κ3) is 3.10. The standard InChI is InChI=1S/C19H22N6O4/c1-19(2)28-13-11(8-26)27-17(14(13)29-19)25-9-21-12-15(20)23-18(24-16(12)25)22-10-6-4-3-5-7-10/h3-7,9,11,13-14,17,26H,8H2,1-2H3,(H3,20,22,23,24)/t11-,13-,14-,17-/m1/s1. The molecule has 4 N–H and O–H groups in total. The summed E-state index contributed by atoms with van der Waals surface area (Å²) in [6, 6.07) is 9.56. The van der Waals surface area contributed by atoms with Gasteiger partial charge in [-0.25, -0.2) is 4.98 Å². The smallest absolute Gasteiger partial charge is 0.231 e. The van der Waals surface area contributed by atoms with Crippen LogP contribution in [-0.2, 0) is 14.2 Å². The molecule has 0 saturated carbocycles. The largest absolute Gasteiger partial charge is 0.394 e. The molecule has 5 rings (SSSR count). The number of para-hydroxylation sites is 1. The number of aliphatic hydroxyl groups excluding tert-OH is 1. The summed E-state index contributed by atoms with van der Waals surface area (Å²) in [5.41, 5.74) is 7.93. The second kappa shape index (κ2) is 6.63. The van der Waals surface area contributed by atoms with Crippen molar-refractivity contribution < 1.29 is 19.3 Å². The molecule has 2 fully saturated rings. The molecule has 0 unspecified atom stereocenters. The van der Waals surface area contributed by atoms with Crippen molar-refractivity contribution in [1.82, 2.24) is 19.5 Å². The van der Waals surface area contributed by atoms with Crippen molar-refractivity contribution in [2.45, 2.75) is 44.2 Å². The maximum atomic E-state index is 9.72. The van der Waals surface area contributed by atoms with Gasteiger partial charge in [-0.3, -0.25) is 4.57 Å². The number of nitrogens with one attached hydrogen (secondary N) is 1. The highest BCUT2D eigenvalue weighted by molar-refractivity contribution is 5.83. The summed E-state index contributed by atoms with van der Waals surface area (Å²) in [7, 11) is 0. The van der Waals surface area contributed by atoms with Crippen LogP contribution < -0.4 is 11.1 Å². The minimum atomic E-state index is -0.769. The lowest BCUT2D eigenvalue weighted by molar-refractivity contribution is -0.199. The van der Waals surface area contributed by atoms with Crippen LogP contribution >= 0.6 is 0 Å². The lowest BCUT2D eigenvalue weighted by Crippen LogP contribution is -2.31. The van der Waals surface area contributed by atoms with Gasteiger partial charge in [-0.15, -0.1) is 0 Å². The summed E-state index contributed by atoms with van der Waals surface area (Å²) in [5.74, 6) is -0.167. The molecule has 0 amide bonds. The lowest BCUT2D eigenvalue weighted by Gasteiger charge is -2.24. The fourth-order valence-corrected chi connectivity index (χ4v) is 3.86. The predicted octanol–water partition coefficient (Wildman–Crippen LogP) is 1.56. The van der Waals surface area contributed by atoms with Crippen LogP contribution in [0.5, 0.6) is 0 Å². The Hall–Kier alpha value is -2.79. The molecule has 1 aromatic carbocycles. The van der Waals surface area contributed by atoms with Crippen molar-refractivity contribution in [1.29, 1.82) is 0 Å². The van der Waals surface area contributed by atoms with Crippen molar-refractivity contribution in [2.24, 2.45) is 0 Å². The quantitative estimate of drug-likeness (QED) is 0.599. The van der Waals surface area contributed by atoms with E-state index in [1.807, 2.05) is 44.2 Å². The summed E-state index contributed by atoms with van der Waals surface area (Å²) in [6.45, 7) is 3.50. The maximum absolute atomic E-state index is 9.72. The minimum absolute atomic E-state index is 0.179. The number of hydrogen-bond acceptors (Lipinski definition) is 9. The van der Waals surface area contributed by atoms with Gasteiger partial charge in [0.2, 0.25) is 5.95 Å². The number of anilines is 3. The summed E-state index contributed by atoms with van der Waals surface area (Å²) in [4.78, 5) is 13.3. The molecule has 0 spiro atoms. The first kappa shape index (κ1) is 18.3. The zero-order chi connectivity index (χ0) is 20.2. The first-order valence-corrected chi connectivity index (χ1v) is 9.39. The fraction of sp³-hybridized carbons (Fsp3) is 0.421. The van der Waals surface area contributed by atoms with E-state index in [1.54, 1.807) is 10.9 Å². The number of nitrogens with zero attached hydrogens (tertiary/aromatic N) is 4. The number of benzene rings is 1. The van der Waals surface area contributed by atoms with Crippen molar-refractivity contribution in [3.05, 3.63) is 36.7 Å². The van der Waals surface area contributed by atoms with Gasteiger partial charge < -0.3 is 30.4 Å². The van der Waals surface area contributed by atoms with Crippen LogP contribution in [0.25, 0.3) is 11.2 Å². The Labute approximate surface area is 166 Å². The summed E-state index contributed by atoms with van der Waals surface area (Å²) >= 11 is 0. The van der Waals surface area contributed by atoms with Gasteiger partial charge >= 0.3 is 0 Å². The van der Waals surface area contributed by atoms with Crippen molar-refractivity contribution in [2.75, 3.05) is 17.7 Å². The fourth-order valence-electron chi connectivity index (χ4n) is 3.86. The molecule has 3 aromatic rings. The SMILES string of the molecule is CC1(C)O[C@@H]2[C@H](O1)[C@@H](CO)O[C@H]2n1cnc2c(N)nc(Nc3ccccc3)nc21. The van der Waals surface area contributed by atoms with E-state index >= 15 is 0 Å². The third-order valence-corrected chi connectivity index (χ3v) is 5.06. The normalized spacial score (nSPS) is 28.0. The molecular weight excluding hydrogens is 376 g/mol. The van der Waals surface area contributed by atoms with Crippen LogP contribution in [0.2, 0.25) is 0 Å². The molecule has 4 atom stereocenters. The van der Waals surface area contributed by atoms with Crippen LogP contribution in [0.4, 0.5) is 17.5 Å². The molecule has 0 radical (unpaired) electrons. The maximum Gasteiger partial charge on any atom is 0.231 e. The van der Waals surface area contributed by atoms with E-state index in [-0.39, 0.29) is 12.4 Å². The highest BCUT2D eigenvalue weighted by Gasteiger charge is 2.56. The average molecular weight is 398 g/mol. The van der Waals surface area contributed by atoms with Gasteiger partial charge in [-0.2, -0.15) is 9.97 Å². The number of nitrogens with two attached hydrogens (primary N) is 1. The topological polar surface area (TPSA) is 130 Å². The first-order valence-electron chi connectivity index (χ1n) is 9.39. The highest BCUT2D eigenvalue weighted by Crippen LogP contribution is 2.43. The van der Waals surface area contributed by atoms with E-state index < -0.39 is 30.3 Å². The summed E-state index contributed by atoms with van der Waals surface area (Å²) in [6.07, 6.45) is -0.286. The van der Waals surface area contributed by atoms with E-state index in [4.69, 9.17) is 19.9 Å². The molecule has 2 aliphatic rings.